The lowest BCUT2D eigenvalue weighted by Gasteiger charge is -2.45. The van der Waals surface area contributed by atoms with Gasteiger partial charge in [-0.25, -0.2) is 4.39 Å². The maximum atomic E-state index is 14.1. The lowest BCUT2D eigenvalue weighted by atomic mass is 9.90. The van der Waals surface area contributed by atoms with Crippen molar-refractivity contribution in [2.75, 3.05) is 7.11 Å². The van der Waals surface area contributed by atoms with Crippen molar-refractivity contribution in [3.05, 3.63) is 135 Å². The summed E-state index contributed by atoms with van der Waals surface area (Å²) in [5, 5.41) is 1.22. The van der Waals surface area contributed by atoms with E-state index in [2.05, 4.69) is 0 Å². The van der Waals surface area contributed by atoms with Crippen molar-refractivity contribution in [1.82, 2.24) is 4.90 Å². The van der Waals surface area contributed by atoms with Gasteiger partial charge in [-0.2, -0.15) is 0 Å². The van der Waals surface area contributed by atoms with Gasteiger partial charge in [0, 0.05) is 23.0 Å². The molecular weight excluding hydrogens is 524 g/mol. The largest absolute Gasteiger partial charge is 0.497 e. The summed E-state index contributed by atoms with van der Waals surface area (Å²) >= 11 is 12.4. The van der Waals surface area contributed by atoms with Crippen LogP contribution in [0.3, 0.4) is 0 Å². The number of amides is 1. The molecule has 0 aliphatic carbocycles. The predicted octanol–water partition coefficient (Wildman–Crippen LogP) is 7.59. The van der Waals surface area contributed by atoms with Crippen molar-refractivity contribution in [1.29, 1.82) is 0 Å². The minimum Gasteiger partial charge on any atom is -0.497 e. The molecule has 38 heavy (non-hydrogen) atoms. The van der Waals surface area contributed by atoms with Crippen LogP contribution in [0, 0.1) is 5.82 Å². The second kappa shape index (κ2) is 11.6. The molecule has 0 saturated carbocycles. The highest BCUT2D eigenvalue weighted by molar-refractivity contribution is 6.30. The lowest BCUT2D eigenvalue weighted by molar-refractivity contribution is -0.175. The molecule has 1 aliphatic rings. The van der Waals surface area contributed by atoms with Crippen molar-refractivity contribution in [2.24, 2.45) is 0 Å². The predicted molar refractivity (Wildman–Crippen MR) is 147 cm³/mol. The molecule has 1 heterocycles. The highest BCUT2D eigenvalue weighted by Crippen LogP contribution is 2.43. The van der Waals surface area contributed by atoms with Crippen LogP contribution >= 0.6 is 23.2 Å². The maximum Gasteiger partial charge on any atom is 0.253 e. The smallest absolute Gasteiger partial charge is 0.253 e. The molecule has 4 aromatic carbocycles. The number of carbonyl (C=O) groups is 1. The molecule has 1 amide bonds. The normalized spacial score (nSPS) is 19.4. The van der Waals surface area contributed by atoms with Crippen LogP contribution in [0.4, 0.5) is 4.39 Å². The quantitative estimate of drug-likeness (QED) is 0.238. The van der Waals surface area contributed by atoms with E-state index in [1.807, 2.05) is 77.7 Å². The Kier molecular flexibility index (Phi) is 7.98. The van der Waals surface area contributed by atoms with Crippen LogP contribution in [0.25, 0.3) is 0 Å². The van der Waals surface area contributed by atoms with E-state index in [1.165, 1.54) is 12.1 Å². The number of rotatable bonds is 7. The van der Waals surface area contributed by atoms with Crippen molar-refractivity contribution >= 4 is 29.1 Å². The first kappa shape index (κ1) is 26.2. The molecular formula is C31H26Cl2FNO3. The average Bonchev–Trinajstić information content (AvgIpc) is 2.93. The van der Waals surface area contributed by atoms with Gasteiger partial charge in [-0.15, -0.1) is 0 Å². The fourth-order valence-electron chi connectivity index (χ4n) is 4.80. The van der Waals surface area contributed by atoms with Gasteiger partial charge in [0.25, 0.3) is 5.91 Å². The first-order chi connectivity index (χ1) is 18.4. The molecule has 0 aromatic heterocycles. The Labute approximate surface area is 231 Å². The van der Waals surface area contributed by atoms with E-state index in [-0.39, 0.29) is 11.7 Å². The number of hydrogen-bond acceptors (Lipinski definition) is 3. The molecule has 4 nitrogen and oxygen atoms in total. The van der Waals surface area contributed by atoms with Crippen molar-refractivity contribution in [2.45, 2.75) is 31.2 Å². The number of hydrogen-bond donors (Lipinski definition) is 0. The molecule has 1 saturated heterocycles. The third kappa shape index (κ3) is 5.86. The van der Waals surface area contributed by atoms with Crippen LogP contribution in [-0.2, 0) is 22.5 Å². The van der Waals surface area contributed by atoms with Gasteiger partial charge >= 0.3 is 0 Å². The Hall–Kier alpha value is -3.38. The Balaban J connectivity index is 1.58. The van der Waals surface area contributed by atoms with Crippen LogP contribution in [0.2, 0.25) is 10.0 Å². The van der Waals surface area contributed by atoms with Crippen LogP contribution < -0.4 is 4.74 Å². The van der Waals surface area contributed by atoms with Crippen molar-refractivity contribution in [3.63, 3.8) is 0 Å². The van der Waals surface area contributed by atoms with E-state index in [1.54, 1.807) is 19.2 Å². The Morgan fingerprint density at radius 3 is 1.92 bits per heavy atom. The maximum absolute atomic E-state index is 14.1. The van der Waals surface area contributed by atoms with E-state index in [9.17, 15) is 9.18 Å². The van der Waals surface area contributed by atoms with Crippen LogP contribution in [-0.4, -0.2) is 24.0 Å². The molecule has 194 valence electrons. The van der Waals surface area contributed by atoms with Gasteiger partial charge in [0.2, 0.25) is 0 Å². The molecule has 7 heteroatoms. The van der Waals surface area contributed by atoms with Crippen LogP contribution in [0.1, 0.15) is 34.4 Å². The summed E-state index contributed by atoms with van der Waals surface area (Å²) in [7, 11) is 1.62. The third-order valence-electron chi connectivity index (χ3n) is 6.75. The Bertz CT molecular complexity index is 1380. The number of halogens is 3. The van der Waals surface area contributed by atoms with Crippen molar-refractivity contribution < 1.29 is 18.7 Å². The van der Waals surface area contributed by atoms with E-state index in [0.29, 0.717) is 23.0 Å². The SMILES string of the molecule is COc1ccc(CN2C(=O)[C@@H](Cc3ccc(F)cc3)O[C@H](c3ccc(Cl)cc3)[C@@H]2c2ccc(Cl)cc2)cc1. The zero-order chi connectivity index (χ0) is 26.6. The molecule has 3 atom stereocenters. The first-order valence-electron chi connectivity index (χ1n) is 12.3. The van der Waals surface area contributed by atoms with Crippen LogP contribution in [0.5, 0.6) is 5.75 Å². The topological polar surface area (TPSA) is 38.8 Å². The number of nitrogens with zero attached hydrogens (tertiary/aromatic N) is 1. The molecule has 4 aromatic rings. The van der Waals surface area contributed by atoms with E-state index >= 15 is 0 Å². The number of benzene rings is 4. The van der Waals surface area contributed by atoms with Gasteiger partial charge in [0.1, 0.15) is 23.8 Å². The second-order valence-corrected chi connectivity index (χ2v) is 10.1. The summed E-state index contributed by atoms with van der Waals surface area (Å²) < 4.78 is 25.4. The fraction of sp³-hybridized carbons (Fsp3) is 0.194. The van der Waals surface area contributed by atoms with Crippen LogP contribution in [0.15, 0.2) is 97.1 Å². The highest BCUT2D eigenvalue weighted by Gasteiger charge is 2.44. The first-order valence-corrected chi connectivity index (χ1v) is 13.0. The summed E-state index contributed by atoms with van der Waals surface area (Å²) in [5.74, 6) is 0.271. The molecule has 0 N–H and O–H groups in total. The minimum absolute atomic E-state index is 0.143. The Morgan fingerprint density at radius 2 is 1.34 bits per heavy atom. The fourth-order valence-corrected chi connectivity index (χ4v) is 5.05. The number of methoxy groups -OCH3 is 1. The van der Waals surface area contributed by atoms with Crippen molar-refractivity contribution in [3.8, 4) is 5.75 Å². The monoisotopic (exact) mass is 549 g/mol. The molecule has 5 rings (SSSR count). The number of carbonyl (C=O) groups excluding carboxylic acids is 1. The number of ether oxygens (including phenoxy) is 2. The van der Waals surface area contributed by atoms with Gasteiger partial charge < -0.3 is 14.4 Å². The highest BCUT2D eigenvalue weighted by atomic mass is 35.5. The molecule has 0 unspecified atom stereocenters. The third-order valence-corrected chi connectivity index (χ3v) is 7.25. The molecule has 1 fully saturated rings. The van der Waals surface area contributed by atoms with Gasteiger partial charge in [-0.3, -0.25) is 4.79 Å². The summed E-state index contributed by atoms with van der Waals surface area (Å²) in [5.41, 5.74) is 3.56. The van der Waals surface area contributed by atoms with E-state index in [4.69, 9.17) is 32.7 Å². The molecule has 0 spiro atoms. The zero-order valence-electron chi connectivity index (χ0n) is 20.7. The minimum atomic E-state index is -0.761. The van der Waals surface area contributed by atoms with Gasteiger partial charge in [0.15, 0.2) is 0 Å². The second-order valence-electron chi connectivity index (χ2n) is 9.24. The van der Waals surface area contributed by atoms with E-state index in [0.717, 1.165) is 28.0 Å². The van der Waals surface area contributed by atoms with E-state index < -0.39 is 18.2 Å². The van der Waals surface area contributed by atoms with Gasteiger partial charge in [-0.05, 0) is 70.8 Å². The Morgan fingerprint density at radius 1 is 0.789 bits per heavy atom. The number of morpholine rings is 1. The molecule has 0 bridgehead atoms. The molecule has 0 radical (unpaired) electrons. The van der Waals surface area contributed by atoms with Gasteiger partial charge in [-0.1, -0.05) is 71.7 Å². The molecule has 1 aliphatic heterocycles. The summed E-state index contributed by atoms with van der Waals surface area (Å²) in [6.45, 7) is 0.365. The van der Waals surface area contributed by atoms with Gasteiger partial charge in [0.05, 0.1) is 13.2 Å². The zero-order valence-corrected chi connectivity index (χ0v) is 22.2. The standard InChI is InChI=1S/C31H26Cl2FNO3/c1-37-27-16-4-21(5-17-27)19-35-29(22-6-10-24(32)11-7-22)30(23-8-12-25(33)13-9-23)38-28(31(35)36)18-20-2-14-26(34)15-3-20/h2-17,28-30H,18-19H2,1H3/t28-,29+,30-/m1/s1. The summed E-state index contributed by atoms with van der Waals surface area (Å²) in [6, 6.07) is 28.4. The lowest BCUT2D eigenvalue weighted by Crippen LogP contribution is -2.51. The summed E-state index contributed by atoms with van der Waals surface area (Å²) in [4.78, 5) is 15.9. The summed E-state index contributed by atoms with van der Waals surface area (Å²) in [6.07, 6.45) is -0.923. The average molecular weight is 550 g/mol.